The fourth-order valence-electron chi connectivity index (χ4n) is 3.31. The van der Waals surface area contributed by atoms with Gasteiger partial charge in [0.1, 0.15) is 5.82 Å². The number of hydrogen-bond donors (Lipinski definition) is 1. The van der Waals surface area contributed by atoms with Crippen molar-refractivity contribution in [2.24, 2.45) is 0 Å². The lowest BCUT2D eigenvalue weighted by Crippen LogP contribution is -2.42. The Morgan fingerprint density at radius 1 is 1.23 bits per heavy atom. The van der Waals surface area contributed by atoms with E-state index in [1.807, 2.05) is 0 Å². The van der Waals surface area contributed by atoms with Gasteiger partial charge in [0.25, 0.3) is 0 Å². The standard InChI is InChI=1S/C16H21FN2OS.ClH/c17-12-1-5-15(6-2-12)21-10-8-16(20)19-13-3-4-14(19)11-18-9-7-13;/h1-2,5-6,13-14,18H,3-4,7-11H2;1H. The van der Waals surface area contributed by atoms with Crippen molar-refractivity contribution < 1.29 is 9.18 Å². The Morgan fingerprint density at radius 3 is 2.73 bits per heavy atom. The zero-order valence-corrected chi connectivity index (χ0v) is 14.1. The predicted molar refractivity (Wildman–Crippen MR) is 90.1 cm³/mol. The van der Waals surface area contributed by atoms with Crippen LogP contribution in [0.15, 0.2) is 29.2 Å². The highest BCUT2D eigenvalue weighted by Gasteiger charge is 2.37. The summed E-state index contributed by atoms with van der Waals surface area (Å²) in [7, 11) is 0. The van der Waals surface area contributed by atoms with Gasteiger partial charge in [0.15, 0.2) is 0 Å². The molecule has 1 N–H and O–H groups in total. The molecule has 0 aromatic heterocycles. The molecule has 3 nitrogen and oxygen atoms in total. The van der Waals surface area contributed by atoms with Crippen molar-refractivity contribution >= 4 is 30.1 Å². The third kappa shape index (κ3) is 4.15. The maximum Gasteiger partial charge on any atom is 0.223 e. The second-order valence-corrected chi connectivity index (χ2v) is 6.90. The minimum Gasteiger partial charge on any atom is -0.335 e. The van der Waals surface area contributed by atoms with Crippen LogP contribution in [-0.4, -0.2) is 41.7 Å². The Morgan fingerprint density at radius 2 is 1.95 bits per heavy atom. The monoisotopic (exact) mass is 344 g/mol. The first-order chi connectivity index (χ1) is 10.2. The quantitative estimate of drug-likeness (QED) is 0.852. The number of benzene rings is 1. The molecule has 2 atom stereocenters. The molecule has 2 aliphatic rings. The normalized spacial score (nSPS) is 23.8. The van der Waals surface area contributed by atoms with Crippen LogP contribution in [0.1, 0.15) is 25.7 Å². The number of carbonyl (C=O) groups is 1. The van der Waals surface area contributed by atoms with Crippen LogP contribution in [0, 0.1) is 5.82 Å². The van der Waals surface area contributed by atoms with Gasteiger partial charge in [0.2, 0.25) is 5.91 Å². The molecular formula is C16H22ClFN2OS. The van der Waals surface area contributed by atoms with Crippen LogP contribution in [0.2, 0.25) is 0 Å². The minimum atomic E-state index is -0.218. The molecule has 2 unspecified atom stereocenters. The molecule has 2 saturated heterocycles. The van der Waals surface area contributed by atoms with Crippen molar-refractivity contribution in [1.82, 2.24) is 10.2 Å². The van der Waals surface area contributed by atoms with Gasteiger partial charge < -0.3 is 10.2 Å². The highest BCUT2D eigenvalue weighted by atomic mass is 35.5. The number of nitrogens with one attached hydrogen (secondary N) is 1. The van der Waals surface area contributed by atoms with Gasteiger partial charge in [-0.2, -0.15) is 0 Å². The maximum absolute atomic E-state index is 12.8. The number of halogens is 2. The van der Waals surface area contributed by atoms with Gasteiger partial charge in [-0.15, -0.1) is 24.2 Å². The number of rotatable bonds is 4. The summed E-state index contributed by atoms with van der Waals surface area (Å²) in [5, 5.41) is 3.42. The molecule has 3 rings (SSSR count). The molecule has 122 valence electrons. The highest BCUT2D eigenvalue weighted by molar-refractivity contribution is 7.99. The van der Waals surface area contributed by atoms with E-state index in [0.717, 1.165) is 43.0 Å². The summed E-state index contributed by atoms with van der Waals surface area (Å²) in [6, 6.07) is 7.29. The molecule has 1 aromatic rings. The Kier molecular flexibility index (Phi) is 6.53. The molecule has 1 aromatic carbocycles. The molecule has 2 aliphatic heterocycles. The fraction of sp³-hybridized carbons (Fsp3) is 0.562. The van der Waals surface area contributed by atoms with E-state index in [4.69, 9.17) is 0 Å². The Bertz CT molecular complexity index is 485. The summed E-state index contributed by atoms with van der Waals surface area (Å²) in [4.78, 5) is 15.6. The molecule has 0 saturated carbocycles. The molecule has 2 bridgehead atoms. The summed E-state index contributed by atoms with van der Waals surface area (Å²) in [5.74, 6) is 0.818. The average molecular weight is 345 g/mol. The number of thioether (sulfide) groups is 1. The predicted octanol–water partition coefficient (Wildman–Crippen LogP) is 3.08. The zero-order chi connectivity index (χ0) is 14.7. The number of carbonyl (C=O) groups excluding carboxylic acids is 1. The topological polar surface area (TPSA) is 32.3 Å². The van der Waals surface area contributed by atoms with Crippen LogP contribution in [-0.2, 0) is 4.79 Å². The van der Waals surface area contributed by atoms with Crippen molar-refractivity contribution in [2.75, 3.05) is 18.8 Å². The van der Waals surface area contributed by atoms with E-state index >= 15 is 0 Å². The van der Waals surface area contributed by atoms with Crippen molar-refractivity contribution in [3.63, 3.8) is 0 Å². The molecule has 2 fully saturated rings. The van der Waals surface area contributed by atoms with E-state index in [1.165, 1.54) is 12.1 Å². The largest absolute Gasteiger partial charge is 0.335 e. The molecule has 0 aliphatic carbocycles. The van der Waals surface area contributed by atoms with Crippen LogP contribution >= 0.6 is 24.2 Å². The average Bonchev–Trinajstić information content (AvgIpc) is 2.74. The van der Waals surface area contributed by atoms with Crippen LogP contribution < -0.4 is 5.32 Å². The Labute approximate surface area is 141 Å². The van der Waals surface area contributed by atoms with Gasteiger partial charge >= 0.3 is 0 Å². The van der Waals surface area contributed by atoms with Gasteiger partial charge in [-0.3, -0.25) is 4.79 Å². The first-order valence-corrected chi connectivity index (χ1v) is 8.63. The zero-order valence-electron chi connectivity index (χ0n) is 12.5. The summed E-state index contributed by atoms with van der Waals surface area (Å²) < 4.78 is 12.8. The molecule has 6 heteroatoms. The maximum atomic E-state index is 12.8. The van der Waals surface area contributed by atoms with Gasteiger partial charge in [-0.05, 0) is 50.1 Å². The second kappa shape index (κ2) is 8.18. The van der Waals surface area contributed by atoms with E-state index in [9.17, 15) is 9.18 Å². The van der Waals surface area contributed by atoms with E-state index in [0.29, 0.717) is 18.5 Å². The molecule has 1 amide bonds. The third-order valence-electron chi connectivity index (χ3n) is 4.34. The van der Waals surface area contributed by atoms with Crippen molar-refractivity contribution in [3.05, 3.63) is 30.1 Å². The van der Waals surface area contributed by atoms with Crippen molar-refractivity contribution in [1.29, 1.82) is 0 Å². The molecule has 0 radical (unpaired) electrons. The van der Waals surface area contributed by atoms with E-state index in [2.05, 4.69) is 10.2 Å². The highest BCUT2D eigenvalue weighted by Crippen LogP contribution is 2.29. The fourth-order valence-corrected chi connectivity index (χ4v) is 4.15. The van der Waals surface area contributed by atoms with Crippen LogP contribution in [0.5, 0.6) is 0 Å². The van der Waals surface area contributed by atoms with Crippen molar-refractivity contribution in [3.8, 4) is 0 Å². The van der Waals surface area contributed by atoms with Crippen LogP contribution in [0.4, 0.5) is 4.39 Å². The van der Waals surface area contributed by atoms with Crippen molar-refractivity contribution in [2.45, 2.75) is 42.7 Å². The smallest absolute Gasteiger partial charge is 0.223 e. The first-order valence-electron chi connectivity index (χ1n) is 7.64. The number of amides is 1. The number of fused-ring (bicyclic) bond motifs is 2. The third-order valence-corrected chi connectivity index (χ3v) is 5.35. The lowest BCUT2D eigenvalue weighted by Gasteiger charge is -2.27. The van der Waals surface area contributed by atoms with Gasteiger partial charge in [0.05, 0.1) is 0 Å². The first kappa shape index (κ1) is 17.6. The molecule has 0 spiro atoms. The Hall–Kier alpha value is -0.780. The lowest BCUT2D eigenvalue weighted by molar-refractivity contribution is -0.133. The van der Waals surface area contributed by atoms with E-state index in [1.54, 1.807) is 23.9 Å². The second-order valence-electron chi connectivity index (χ2n) is 5.73. The Balaban J connectivity index is 0.00000176. The van der Waals surface area contributed by atoms with Gasteiger partial charge in [-0.25, -0.2) is 4.39 Å². The van der Waals surface area contributed by atoms with Gasteiger partial charge in [0, 0.05) is 35.7 Å². The SMILES string of the molecule is Cl.O=C(CCSc1ccc(F)cc1)N1C2CCNCC1CC2. The summed E-state index contributed by atoms with van der Waals surface area (Å²) in [6.07, 6.45) is 3.93. The molecule has 2 heterocycles. The number of hydrogen-bond acceptors (Lipinski definition) is 3. The summed E-state index contributed by atoms with van der Waals surface area (Å²) in [6.45, 7) is 1.96. The van der Waals surface area contributed by atoms with E-state index in [-0.39, 0.29) is 24.1 Å². The lowest BCUT2D eigenvalue weighted by atomic mass is 10.1. The van der Waals surface area contributed by atoms with Crippen LogP contribution in [0.3, 0.4) is 0 Å². The number of nitrogens with zero attached hydrogens (tertiary/aromatic N) is 1. The summed E-state index contributed by atoms with van der Waals surface area (Å²) >= 11 is 1.62. The van der Waals surface area contributed by atoms with Gasteiger partial charge in [-0.1, -0.05) is 0 Å². The molecular weight excluding hydrogens is 323 g/mol. The molecule has 22 heavy (non-hydrogen) atoms. The minimum absolute atomic E-state index is 0. The van der Waals surface area contributed by atoms with E-state index < -0.39 is 0 Å². The summed E-state index contributed by atoms with van der Waals surface area (Å²) in [5.41, 5.74) is 0. The van der Waals surface area contributed by atoms with Crippen LogP contribution in [0.25, 0.3) is 0 Å².